The molecule has 0 amide bonds. The monoisotopic (exact) mass is 280 g/mol. The zero-order chi connectivity index (χ0) is 7.56. The van der Waals surface area contributed by atoms with Crippen molar-refractivity contribution in [3.05, 3.63) is 25.3 Å². The number of rotatable bonds is 1. The van der Waals surface area contributed by atoms with Gasteiger partial charge in [-0.25, -0.2) is 0 Å². The fourth-order valence-corrected chi connectivity index (χ4v) is 2.26. The van der Waals surface area contributed by atoms with Gasteiger partial charge in [-0.1, -0.05) is 0 Å². The second-order valence-electron chi connectivity index (χ2n) is 1.88. The molecule has 1 heterocycles. The molecule has 0 radical (unpaired) electrons. The van der Waals surface area contributed by atoms with Crippen LogP contribution in [-0.4, -0.2) is 0 Å². The third kappa shape index (κ3) is 2.56. The Labute approximate surface area is 81.2 Å². The Bertz CT molecular complexity index is 246. The molecule has 0 N–H and O–H groups in total. The van der Waals surface area contributed by atoms with E-state index in [4.69, 9.17) is 0 Å². The van der Waals surface area contributed by atoms with Gasteiger partial charge >= 0.3 is 0 Å². The van der Waals surface area contributed by atoms with Crippen molar-refractivity contribution in [1.82, 2.24) is 0 Å². The Kier molecular flexibility index (Phi) is 3.14. The number of aryl methyl sites for hydroxylation is 1. The number of halogens is 2. The molecule has 0 spiro atoms. The van der Waals surface area contributed by atoms with Crippen molar-refractivity contribution >= 4 is 49.3 Å². The normalized spacial score (nSPS) is 9.50. The summed E-state index contributed by atoms with van der Waals surface area (Å²) in [5.41, 5.74) is 0. The molecule has 0 nitrogen and oxygen atoms in total. The van der Waals surface area contributed by atoms with Crippen LogP contribution >= 0.6 is 43.2 Å². The van der Waals surface area contributed by atoms with Crippen LogP contribution in [-0.2, 0) is 0 Å². The molecule has 1 aromatic rings. The van der Waals surface area contributed by atoms with E-state index in [2.05, 4.69) is 50.9 Å². The lowest BCUT2D eigenvalue weighted by molar-refractivity contribution is 1.64. The first-order valence-corrected chi connectivity index (χ1v) is 5.18. The fourth-order valence-electron chi connectivity index (χ4n) is 0.639. The summed E-state index contributed by atoms with van der Waals surface area (Å²) in [4.78, 5) is 2.61. The van der Waals surface area contributed by atoms with Gasteiger partial charge in [0.25, 0.3) is 0 Å². The highest BCUT2D eigenvalue weighted by atomic mass is 79.9. The van der Waals surface area contributed by atoms with Crippen LogP contribution in [0.4, 0.5) is 0 Å². The molecule has 0 fully saturated rings. The third-order valence-electron chi connectivity index (χ3n) is 1.01. The van der Waals surface area contributed by atoms with Crippen molar-refractivity contribution in [3.63, 3.8) is 0 Å². The summed E-state index contributed by atoms with van der Waals surface area (Å²) in [6.07, 6.45) is 2.04. The second-order valence-corrected chi connectivity index (χ2v) is 5.97. The van der Waals surface area contributed by atoms with Crippen molar-refractivity contribution in [2.75, 3.05) is 0 Å². The minimum Gasteiger partial charge on any atom is -0.141 e. The number of thiophene rings is 1. The molecule has 1 aromatic heterocycles. The quantitative estimate of drug-likeness (QED) is 0.726. The van der Waals surface area contributed by atoms with E-state index in [1.165, 1.54) is 9.75 Å². The Morgan fingerprint density at radius 3 is 2.60 bits per heavy atom. The lowest BCUT2D eigenvalue weighted by Gasteiger charge is -1.82. The first-order chi connectivity index (χ1) is 4.68. The van der Waals surface area contributed by atoms with Crippen LogP contribution in [0.25, 0.3) is 6.08 Å². The van der Waals surface area contributed by atoms with Crippen molar-refractivity contribution < 1.29 is 0 Å². The zero-order valence-corrected chi connectivity index (χ0v) is 9.38. The van der Waals surface area contributed by atoms with Crippen molar-refractivity contribution in [2.45, 2.75) is 6.92 Å². The minimum atomic E-state index is 0.988. The van der Waals surface area contributed by atoms with Gasteiger partial charge in [-0.3, -0.25) is 0 Å². The molecular formula is C7H6Br2S. The van der Waals surface area contributed by atoms with E-state index in [0.717, 1.165) is 3.39 Å². The largest absolute Gasteiger partial charge is 0.141 e. The highest BCUT2D eigenvalue weighted by Gasteiger charge is 1.91. The van der Waals surface area contributed by atoms with E-state index in [9.17, 15) is 0 Å². The Balaban J connectivity index is 2.86. The molecule has 0 aliphatic heterocycles. The number of hydrogen-bond donors (Lipinski definition) is 0. The summed E-state index contributed by atoms with van der Waals surface area (Å²) in [5.74, 6) is 0. The molecule has 54 valence electrons. The molecule has 0 bridgehead atoms. The molecule has 0 aromatic carbocycles. The highest BCUT2D eigenvalue weighted by Crippen LogP contribution is 2.23. The lowest BCUT2D eigenvalue weighted by atomic mass is 10.4. The SMILES string of the molecule is Cc1ccc(C=C(Br)Br)s1. The summed E-state index contributed by atoms with van der Waals surface area (Å²) in [7, 11) is 0. The standard InChI is InChI=1S/C7H6Br2S/c1-5-2-3-6(10-5)4-7(8)9/h2-4H,1H3. The Morgan fingerprint density at radius 2 is 2.20 bits per heavy atom. The van der Waals surface area contributed by atoms with Gasteiger partial charge in [-0.15, -0.1) is 11.3 Å². The highest BCUT2D eigenvalue weighted by molar-refractivity contribution is 9.28. The van der Waals surface area contributed by atoms with E-state index in [1.54, 1.807) is 11.3 Å². The average molecular weight is 282 g/mol. The molecule has 0 unspecified atom stereocenters. The van der Waals surface area contributed by atoms with Crippen LogP contribution < -0.4 is 0 Å². The Morgan fingerprint density at radius 1 is 1.50 bits per heavy atom. The van der Waals surface area contributed by atoms with Crippen LogP contribution in [0, 0.1) is 6.92 Å². The summed E-state index contributed by atoms with van der Waals surface area (Å²) in [6.45, 7) is 2.10. The van der Waals surface area contributed by atoms with Crippen molar-refractivity contribution in [1.29, 1.82) is 0 Å². The zero-order valence-electron chi connectivity index (χ0n) is 5.40. The molecule has 0 atom stereocenters. The van der Waals surface area contributed by atoms with E-state index in [0.29, 0.717) is 0 Å². The van der Waals surface area contributed by atoms with Gasteiger partial charge in [0.05, 0.1) is 3.39 Å². The maximum Gasteiger partial charge on any atom is 0.0618 e. The second kappa shape index (κ2) is 3.69. The first-order valence-electron chi connectivity index (χ1n) is 2.77. The van der Waals surface area contributed by atoms with Gasteiger partial charge in [0.1, 0.15) is 0 Å². The lowest BCUT2D eigenvalue weighted by Crippen LogP contribution is -1.53. The molecule has 0 aliphatic rings. The van der Waals surface area contributed by atoms with Gasteiger partial charge in [0.15, 0.2) is 0 Å². The summed E-state index contributed by atoms with van der Waals surface area (Å²) in [5, 5.41) is 0. The number of hydrogen-bond acceptors (Lipinski definition) is 1. The predicted molar refractivity (Wildman–Crippen MR) is 54.9 cm³/mol. The van der Waals surface area contributed by atoms with Gasteiger partial charge in [0, 0.05) is 9.75 Å². The summed E-state index contributed by atoms with van der Waals surface area (Å²) < 4.78 is 0.988. The van der Waals surface area contributed by atoms with E-state index < -0.39 is 0 Å². The summed E-state index contributed by atoms with van der Waals surface area (Å²) in [6, 6.07) is 4.21. The first kappa shape index (κ1) is 8.50. The molecule has 0 saturated heterocycles. The maximum absolute atomic E-state index is 3.30. The van der Waals surface area contributed by atoms with Gasteiger partial charge in [-0.05, 0) is 57.0 Å². The van der Waals surface area contributed by atoms with E-state index in [1.807, 2.05) is 6.08 Å². The molecule has 1 rings (SSSR count). The van der Waals surface area contributed by atoms with E-state index >= 15 is 0 Å². The molecule has 0 saturated carbocycles. The van der Waals surface area contributed by atoms with Crippen LogP contribution in [0.2, 0.25) is 0 Å². The summed E-state index contributed by atoms with van der Waals surface area (Å²) >= 11 is 8.39. The predicted octanol–water partition coefficient (Wildman–Crippen LogP) is 4.14. The maximum atomic E-state index is 3.30. The Hall–Kier alpha value is 0.400. The molecular weight excluding hydrogens is 276 g/mol. The molecule has 3 heteroatoms. The average Bonchev–Trinajstić information content (AvgIpc) is 2.13. The van der Waals surface area contributed by atoms with Crippen LogP contribution in [0.5, 0.6) is 0 Å². The smallest absolute Gasteiger partial charge is 0.0618 e. The van der Waals surface area contributed by atoms with Crippen LogP contribution in [0.3, 0.4) is 0 Å². The van der Waals surface area contributed by atoms with Crippen molar-refractivity contribution in [2.24, 2.45) is 0 Å². The molecule has 10 heavy (non-hydrogen) atoms. The minimum absolute atomic E-state index is 0.988. The third-order valence-corrected chi connectivity index (χ3v) is 2.42. The van der Waals surface area contributed by atoms with Gasteiger partial charge in [-0.2, -0.15) is 0 Å². The van der Waals surface area contributed by atoms with Crippen LogP contribution in [0.1, 0.15) is 9.75 Å². The van der Waals surface area contributed by atoms with Crippen LogP contribution in [0.15, 0.2) is 15.5 Å². The van der Waals surface area contributed by atoms with Gasteiger partial charge < -0.3 is 0 Å². The van der Waals surface area contributed by atoms with E-state index in [-0.39, 0.29) is 0 Å². The fraction of sp³-hybridized carbons (Fsp3) is 0.143. The van der Waals surface area contributed by atoms with Crippen molar-refractivity contribution in [3.8, 4) is 0 Å². The topological polar surface area (TPSA) is 0 Å². The van der Waals surface area contributed by atoms with Gasteiger partial charge in [0.2, 0.25) is 0 Å². The molecule has 0 aliphatic carbocycles.